The largest absolute Gasteiger partial charge is 0.393 e. The van der Waals surface area contributed by atoms with Crippen molar-refractivity contribution < 1.29 is 5.11 Å². The summed E-state index contributed by atoms with van der Waals surface area (Å²) in [4.78, 5) is 5.02. The van der Waals surface area contributed by atoms with E-state index in [1.807, 2.05) is 0 Å². The summed E-state index contributed by atoms with van der Waals surface area (Å²) < 4.78 is 0. The van der Waals surface area contributed by atoms with Crippen LogP contribution in [0.1, 0.15) is 26.2 Å². The van der Waals surface area contributed by atoms with Gasteiger partial charge in [0.1, 0.15) is 0 Å². The average Bonchev–Trinajstić information content (AvgIpc) is 2.33. The van der Waals surface area contributed by atoms with Crippen LogP contribution in [0, 0.1) is 5.92 Å². The second-order valence-corrected chi connectivity index (χ2v) is 5.81. The molecule has 0 saturated carbocycles. The van der Waals surface area contributed by atoms with Crippen LogP contribution in [-0.4, -0.2) is 66.3 Å². The van der Waals surface area contributed by atoms with E-state index >= 15 is 0 Å². The zero-order valence-electron chi connectivity index (χ0n) is 12.2. The highest BCUT2D eigenvalue weighted by Crippen LogP contribution is 2.16. The van der Waals surface area contributed by atoms with Gasteiger partial charge in [-0.3, -0.25) is 0 Å². The van der Waals surface area contributed by atoms with Crippen LogP contribution in [0.5, 0.6) is 0 Å². The number of nitrogens with two attached hydrogens (primary N) is 1. The lowest BCUT2D eigenvalue weighted by molar-refractivity contribution is 0.0304. The van der Waals surface area contributed by atoms with Crippen molar-refractivity contribution in [1.82, 2.24) is 9.80 Å². The Morgan fingerprint density at radius 2 is 1.45 bits per heavy atom. The Morgan fingerprint density at radius 1 is 0.950 bits per heavy atom. The molecule has 2 fully saturated rings. The summed E-state index contributed by atoms with van der Waals surface area (Å²) >= 11 is 0. The quantitative estimate of drug-likeness (QED) is 0.807. The van der Waals surface area contributed by atoms with Gasteiger partial charge in [0, 0.05) is 32.2 Å². The Labute approximate surface area is 141 Å². The normalized spacial score (nSPS) is 28.9. The fraction of sp³-hybridized carbons (Fsp3) is 1.00. The highest BCUT2D eigenvalue weighted by atomic mass is 35.5. The van der Waals surface area contributed by atoms with Crippen molar-refractivity contribution in [2.24, 2.45) is 11.7 Å². The molecule has 2 aliphatic heterocycles. The lowest BCUT2D eigenvalue weighted by Crippen LogP contribution is -2.47. The molecule has 2 atom stereocenters. The summed E-state index contributed by atoms with van der Waals surface area (Å²) in [5.41, 5.74) is 5.90. The van der Waals surface area contributed by atoms with Crippen LogP contribution in [-0.2, 0) is 0 Å². The van der Waals surface area contributed by atoms with Crippen molar-refractivity contribution in [3.8, 4) is 0 Å². The topological polar surface area (TPSA) is 52.7 Å². The first-order valence-corrected chi connectivity index (χ1v) is 7.03. The summed E-state index contributed by atoms with van der Waals surface area (Å²) in [6.45, 7) is 8.88. The fourth-order valence-electron chi connectivity index (χ4n) is 2.88. The molecule has 2 heterocycles. The number of hydrogen-bond acceptors (Lipinski definition) is 4. The van der Waals surface area contributed by atoms with Crippen molar-refractivity contribution in [2.45, 2.75) is 38.3 Å². The SMILES string of the molecule is C[C@H]1CN(CCN2CCC(N)CC2)CC[C@@H]1O.Cl.Cl.Cl. The van der Waals surface area contributed by atoms with E-state index in [0.29, 0.717) is 12.0 Å². The molecule has 0 spiro atoms. The van der Waals surface area contributed by atoms with Gasteiger partial charge in [-0.1, -0.05) is 6.92 Å². The van der Waals surface area contributed by atoms with E-state index in [-0.39, 0.29) is 43.3 Å². The van der Waals surface area contributed by atoms with Crippen LogP contribution in [0.3, 0.4) is 0 Å². The van der Waals surface area contributed by atoms with E-state index in [1.54, 1.807) is 0 Å². The molecule has 0 aliphatic carbocycles. The number of aliphatic hydroxyl groups is 1. The highest BCUT2D eigenvalue weighted by molar-refractivity contribution is 5.86. The number of hydrogen-bond donors (Lipinski definition) is 2. The van der Waals surface area contributed by atoms with Gasteiger partial charge in [0.25, 0.3) is 0 Å². The maximum absolute atomic E-state index is 9.69. The molecular formula is C13H30Cl3N3O. The molecule has 0 aromatic rings. The number of aliphatic hydroxyl groups excluding tert-OH is 1. The molecule has 20 heavy (non-hydrogen) atoms. The summed E-state index contributed by atoms with van der Waals surface area (Å²) in [7, 11) is 0. The van der Waals surface area contributed by atoms with Gasteiger partial charge < -0.3 is 20.6 Å². The second kappa shape index (κ2) is 11.3. The minimum Gasteiger partial charge on any atom is -0.393 e. The molecule has 0 radical (unpaired) electrons. The Hall–Kier alpha value is 0.710. The zero-order chi connectivity index (χ0) is 12.3. The molecule has 124 valence electrons. The van der Waals surface area contributed by atoms with Crippen molar-refractivity contribution in [3.05, 3.63) is 0 Å². The molecule has 7 heteroatoms. The third-order valence-electron chi connectivity index (χ3n) is 4.31. The maximum atomic E-state index is 9.69. The molecule has 0 bridgehead atoms. The molecule has 2 rings (SSSR count). The van der Waals surface area contributed by atoms with Crippen molar-refractivity contribution in [3.63, 3.8) is 0 Å². The van der Waals surface area contributed by atoms with E-state index < -0.39 is 0 Å². The van der Waals surface area contributed by atoms with Gasteiger partial charge >= 0.3 is 0 Å². The van der Waals surface area contributed by atoms with Gasteiger partial charge in [0.2, 0.25) is 0 Å². The molecule has 4 nitrogen and oxygen atoms in total. The van der Waals surface area contributed by atoms with Crippen LogP contribution in [0.2, 0.25) is 0 Å². The standard InChI is InChI=1S/C13H27N3O.3ClH/c1-11-10-16(7-4-13(11)17)9-8-15-5-2-12(14)3-6-15;;;/h11-13,17H,2-10,14H2,1H3;3*1H/t11-,13-;;;/m0.../s1. The number of likely N-dealkylation sites (tertiary alicyclic amines) is 2. The van der Waals surface area contributed by atoms with Crippen molar-refractivity contribution in [1.29, 1.82) is 0 Å². The van der Waals surface area contributed by atoms with Crippen LogP contribution >= 0.6 is 37.2 Å². The van der Waals surface area contributed by atoms with Crippen LogP contribution in [0.15, 0.2) is 0 Å². The van der Waals surface area contributed by atoms with E-state index in [0.717, 1.165) is 58.5 Å². The molecule has 2 aliphatic rings. The van der Waals surface area contributed by atoms with E-state index in [4.69, 9.17) is 5.73 Å². The van der Waals surface area contributed by atoms with Crippen LogP contribution in [0.25, 0.3) is 0 Å². The van der Waals surface area contributed by atoms with Crippen LogP contribution < -0.4 is 5.73 Å². The Morgan fingerprint density at radius 3 is 2.00 bits per heavy atom. The van der Waals surface area contributed by atoms with E-state index in [2.05, 4.69) is 16.7 Å². The summed E-state index contributed by atoms with van der Waals surface area (Å²) in [6, 6.07) is 0.427. The molecule has 3 N–H and O–H groups in total. The molecule has 0 aromatic carbocycles. The molecule has 0 aromatic heterocycles. The number of piperidine rings is 2. The first-order valence-electron chi connectivity index (χ1n) is 7.03. The predicted molar refractivity (Wildman–Crippen MR) is 91.6 cm³/mol. The molecule has 0 unspecified atom stereocenters. The number of halogens is 3. The summed E-state index contributed by atoms with van der Waals surface area (Å²) in [5, 5.41) is 9.69. The van der Waals surface area contributed by atoms with Gasteiger partial charge in [0.15, 0.2) is 0 Å². The minimum absolute atomic E-state index is 0. The Bertz CT molecular complexity index is 241. The summed E-state index contributed by atoms with van der Waals surface area (Å²) in [5.74, 6) is 0.429. The van der Waals surface area contributed by atoms with Gasteiger partial charge in [0.05, 0.1) is 6.10 Å². The Kier molecular flexibility index (Phi) is 13.0. The lowest BCUT2D eigenvalue weighted by atomic mass is 9.97. The van der Waals surface area contributed by atoms with E-state index in [1.165, 1.54) is 0 Å². The van der Waals surface area contributed by atoms with E-state index in [9.17, 15) is 5.11 Å². The third kappa shape index (κ3) is 7.12. The van der Waals surface area contributed by atoms with Crippen LogP contribution in [0.4, 0.5) is 0 Å². The van der Waals surface area contributed by atoms with Gasteiger partial charge in [-0.05, 0) is 38.3 Å². The maximum Gasteiger partial charge on any atom is 0.0590 e. The predicted octanol–water partition coefficient (Wildman–Crippen LogP) is 1.38. The fourth-order valence-corrected chi connectivity index (χ4v) is 2.88. The minimum atomic E-state index is -0.0840. The molecule has 2 saturated heterocycles. The number of rotatable bonds is 3. The highest BCUT2D eigenvalue weighted by Gasteiger charge is 2.24. The summed E-state index contributed by atoms with van der Waals surface area (Å²) in [6.07, 6.45) is 3.15. The Balaban J connectivity index is 0. The third-order valence-corrected chi connectivity index (χ3v) is 4.31. The second-order valence-electron chi connectivity index (χ2n) is 5.81. The smallest absolute Gasteiger partial charge is 0.0590 e. The number of nitrogens with zero attached hydrogens (tertiary/aromatic N) is 2. The average molecular weight is 351 g/mol. The first kappa shape index (κ1) is 23.0. The first-order chi connectivity index (χ1) is 8.15. The van der Waals surface area contributed by atoms with Gasteiger partial charge in [-0.2, -0.15) is 0 Å². The molecule has 0 amide bonds. The van der Waals surface area contributed by atoms with Gasteiger partial charge in [-0.15, -0.1) is 37.2 Å². The lowest BCUT2D eigenvalue weighted by Gasteiger charge is -2.36. The van der Waals surface area contributed by atoms with Crippen molar-refractivity contribution >= 4 is 37.2 Å². The zero-order valence-corrected chi connectivity index (χ0v) is 14.7. The monoisotopic (exact) mass is 349 g/mol. The molecular weight excluding hydrogens is 321 g/mol. The van der Waals surface area contributed by atoms with Crippen molar-refractivity contribution in [2.75, 3.05) is 39.3 Å². The van der Waals surface area contributed by atoms with Gasteiger partial charge in [-0.25, -0.2) is 0 Å².